The molecule has 0 saturated carbocycles. The molecular formula is C14H17N3O. The predicted octanol–water partition coefficient (Wildman–Crippen LogP) is 2.19. The lowest BCUT2D eigenvalue weighted by Crippen LogP contribution is -2.24. The van der Waals surface area contributed by atoms with Gasteiger partial charge in [0.1, 0.15) is 5.82 Å². The predicted molar refractivity (Wildman–Crippen MR) is 72.2 cm³/mol. The molecule has 4 heteroatoms. The molecule has 0 unspecified atom stereocenters. The smallest absolute Gasteiger partial charge is 0.220 e. The first-order valence-corrected chi connectivity index (χ1v) is 6.11. The van der Waals surface area contributed by atoms with Crippen molar-refractivity contribution in [2.24, 2.45) is 0 Å². The third-order valence-corrected chi connectivity index (χ3v) is 2.70. The van der Waals surface area contributed by atoms with Crippen LogP contribution in [-0.4, -0.2) is 22.4 Å². The zero-order valence-electron chi connectivity index (χ0n) is 10.3. The molecule has 94 valence electrons. The quantitative estimate of drug-likeness (QED) is 0.603. The summed E-state index contributed by atoms with van der Waals surface area (Å²) in [5, 5.41) is 2.84. The minimum atomic E-state index is 0.0531. The van der Waals surface area contributed by atoms with Gasteiger partial charge in [0.05, 0.1) is 11.0 Å². The first kappa shape index (κ1) is 12.4. The molecule has 2 rings (SSSR count). The average molecular weight is 243 g/mol. The Balaban J connectivity index is 1.86. The highest BCUT2D eigenvalue weighted by Gasteiger charge is 2.05. The molecule has 0 aliphatic heterocycles. The van der Waals surface area contributed by atoms with Crippen molar-refractivity contribution in [3.8, 4) is 0 Å². The number of H-pyrrole nitrogens is 1. The number of aryl methyl sites for hydroxylation is 1. The average Bonchev–Trinajstić information content (AvgIpc) is 2.79. The Bertz CT molecular complexity index is 512. The molecule has 0 atom stereocenters. The van der Waals surface area contributed by atoms with E-state index in [1.807, 2.05) is 24.3 Å². The van der Waals surface area contributed by atoms with Crippen molar-refractivity contribution in [1.82, 2.24) is 15.3 Å². The zero-order chi connectivity index (χ0) is 12.8. The molecule has 1 aromatic carbocycles. The minimum Gasteiger partial charge on any atom is -0.356 e. The van der Waals surface area contributed by atoms with Gasteiger partial charge in [0.2, 0.25) is 5.91 Å². The van der Waals surface area contributed by atoms with Crippen LogP contribution in [0.4, 0.5) is 0 Å². The van der Waals surface area contributed by atoms with Gasteiger partial charge in [-0.05, 0) is 18.6 Å². The molecule has 0 fully saturated rings. The molecule has 0 bridgehead atoms. The Morgan fingerprint density at radius 3 is 3.06 bits per heavy atom. The van der Waals surface area contributed by atoms with Crippen molar-refractivity contribution in [3.05, 3.63) is 42.7 Å². The molecule has 0 aliphatic carbocycles. The van der Waals surface area contributed by atoms with Crippen LogP contribution < -0.4 is 5.32 Å². The molecule has 1 aromatic heterocycles. The lowest BCUT2D eigenvalue weighted by Gasteiger charge is -2.01. The van der Waals surface area contributed by atoms with Crippen LogP contribution in [0.25, 0.3) is 11.0 Å². The van der Waals surface area contributed by atoms with Gasteiger partial charge in [0, 0.05) is 19.4 Å². The summed E-state index contributed by atoms with van der Waals surface area (Å²) in [5.41, 5.74) is 1.96. The SMILES string of the molecule is C=CCCNC(=O)CCc1nc2ccccc2[nH]1. The summed E-state index contributed by atoms with van der Waals surface area (Å²) in [6.45, 7) is 4.26. The van der Waals surface area contributed by atoms with Crippen LogP contribution in [0, 0.1) is 0 Å². The molecule has 18 heavy (non-hydrogen) atoms. The number of hydrogen-bond donors (Lipinski definition) is 2. The number of amides is 1. The number of hydrogen-bond acceptors (Lipinski definition) is 2. The molecule has 0 aliphatic rings. The van der Waals surface area contributed by atoms with E-state index >= 15 is 0 Å². The second kappa shape index (κ2) is 6.00. The highest BCUT2D eigenvalue weighted by molar-refractivity contribution is 5.77. The monoisotopic (exact) mass is 243 g/mol. The van der Waals surface area contributed by atoms with Crippen LogP contribution in [0.2, 0.25) is 0 Å². The summed E-state index contributed by atoms with van der Waals surface area (Å²) in [4.78, 5) is 19.2. The largest absolute Gasteiger partial charge is 0.356 e. The van der Waals surface area contributed by atoms with Gasteiger partial charge in [-0.15, -0.1) is 6.58 Å². The number of nitrogens with one attached hydrogen (secondary N) is 2. The van der Waals surface area contributed by atoms with Crippen LogP contribution in [0.15, 0.2) is 36.9 Å². The summed E-state index contributed by atoms with van der Waals surface area (Å²) in [5.74, 6) is 0.910. The van der Waals surface area contributed by atoms with E-state index in [2.05, 4.69) is 21.9 Å². The number of aromatic nitrogens is 2. The highest BCUT2D eigenvalue weighted by Crippen LogP contribution is 2.11. The van der Waals surface area contributed by atoms with Crippen molar-refractivity contribution in [3.63, 3.8) is 0 Å². The number of carbonyl (C=O) groups is 1. The zero-order valence-corrected chi connectivity index (χ0v) is 10.3. The number of nitrogens with zero attached hydrogens (tertiary/aromatic N) is 1. The van der Waals surface area contributed by atoms with Gasteiger partial charge in [-0.1, -0.05) is 18.2 Å². The first-order valence-electron chi connectivity index (χ1n) is 6.11. The van der Waals surface area contributed by atoms with E-state index in [0.717, 1.165) is 23.3 Å². The third-order valence-electron chi connectivity index (χ3n) is 2.70. The Labute approximate surface area is 106 Å². The van der Waals surface area contributed by atoms with Gasteiger partial charge in [-0.3, -0.25) is 4.79 Å². The Morgan fingerprint density at radius 1 is 1.44 bits per heavy atom. The van der Waals surface area contributed by atoms with E-state index in [4.69, 9.17) is 0 Å². The fourth-order valence-electron chi connectivity index (χ4n) is 1.76. The standard InChI is InChI=1S/C14H17N3O/c1-2-3-10-15-14(18)9-8-13-16-11-6-4-5-7-12(11)17-13/h2,4-7H,1,3,8-10H2,(H,15,18)(H,16,17). The van der Waals surface area contributed by atoms with E-state index in [1.54, 1.807) is 6.08 Å². The topological polar surface area (TPSA) is 57.8 Å². The van der Waals surface area contributed by atoms with Crippen molar-refractivity contribution in [2.75, 3.05) is 6.54 Å². The van der Waals surface area contributed by atoms with Crippen molar-refractivity contribution >= 4 is 16.9 Å². The number of carbonyl (C=O) groups excluding carboxylic acids is 1. The van der Waals surface area contributed by atoms with E-state index in [9.17, 15) is 4.79 Å². The number of fused-ring (bicyclic) bond motifs is 1. The Morgan fingerprint density at radius 2 is 2.28 bits per heavy atom. The van der Waals surface area contributed by atoms with Gasteiger partial charge in [0.25, 0.3) is 0 Å². The summed E-state index contributed by atoms with van der Waals surface area (Å²) >= 11 is 0. The Hall–Kier alpha value is -2.10. The fourth-order valence-corrected chi connectivity index (χ4v) is 1.76. The third kappa shape index (κ3) is 3.20. The number of para-hydroxylation sites is 2. The van der Waals surface area contributed by atoms with Crippen molar-refractivity contribution in [1.29, 1.82) is 0 Å². The lowest BCUT2D eigenvalue weighted by atomic mass is 10.3. The number of benzene rings is 1. The molecule has 1 heterocycles. The fraction of sp³-hybridized carbons (Fsp3) is 0.286. The summed E-state index contributed by atoms with van der Waals surface area (Å²) in [6, 6.07) is 7.86. The Kier molecular flexibility index (Phi) is 4.12. The number of aromatic amines is 1. The van der Waals surface area contributed by atoms with Crippen LogP contribution in [0.3, 0.4) is 0 Å². The summed E-state index contributed by atoms with van der Waals surface area (Å²) < 4.78 is 0. The molecule has 4 nitrogen and oxygen atoms in total. The number of rotatable bonds is 6. The second-order valence-electron chi connectivity index (χ2n) is 4.13. The molecule has 0 saturated heterocycles. The molecule has 0 radical (unpaired) electrons. The first-order chi connectivity index (χ1) is 8.79. The summed E-state index contributed by atoms with van der Waals surface area (Å²) in [7, 11) is 0. The maximum Gasteiger partial charge on any atom is 0.220 e. The van der Waals surface area contributed by atoms with Gasteiger partial charge in [-0.2, -0.15) is 0 Å². The summed E-state index contributed by atoms with van der Waals surface area (Å²) in [6.07, 6.45) is 3.68. The van der Waals surface area contributed by atoms with Crippen LogP contribution in [-0.2, 0) is 11.2 Å². The lowest BCUT2D eigenvalue weighted by molar-refractivity contribution is -0.121. The molecule has 0 spiro atoms. The van der Waals surface area contributed by atoms with Crippen LogP contribution in [0.1, 0.15) is 18.7 Å². The van der Waals surface area contributed by atoms with Crippen molar-refractivity contribution < 1.29 is 4.79 Å². The van der Waals surface area contributed by atoms with Crippen LogP contribution >= 0.6 is 0 Å². The highest BCUT2D eigenvalue weighted by atomic mass is 16.1. The molecular weight excluding hydrogens is 226 g/mol. The second-order valence-corrected chi connectivity index (χ2v) is 4.13. The van der Waals surface area contributed by atoms with E-state index in [0.29, 0.717) is 19.4 Å². The minimum absolute atomic E-state index is 0.0531. The van der Waals surface area contributed by atoms with E-state index in [1.165, 1.54) is 0 Å². The normalized spacial score (nSPS) is 10.4. The maximum atomic E-state index is 11.5. The van der Waals surface area contributed by atoms with E-state index in [-0.39, 0.29) is 5.91 Å². The van der Waals surface area contributed by atoms with Gasteiger partial charge >= 0.3 is 0 Å². The van der Waals surface area contributed by atoms with Gasteiger partial charge in [-0.25, -0.2) is 4.98 Å². The number of imidazole rings is 1. The molecule has 2 N–H and O–H groups in total. The van der Waals surface area contributed by atoms with Gasteiger partial charge in [0.15, 0.2) is 0 Å². The van der Waals surface area contributed by atoms with Gasteiger partial charge < -0.3 is 10.3 Å². The van der Waals surface area contributed by atoms with E-state index < -0.39 is 0 Å². The molecule has 1 amide bonds. The maximum absolute atomic E-state index is 11.5. The molecule has 2 aromatic rings. The van der Waals surface area contributed by atoms with Crippen molar-refractivity contribution in [2.45, 2.75) is 19.3 Å². The van der Waals surface area contributed by atoms with Crippen LogP contribution in [0.5, 0.6) is 0 Å².